The minimum Gasteiger partial charge on any atom is -0.462 e. The van der Waals surface area contributed by atoms with Gasteiger partial charge in [0, 0.05) is 12.8 Å². The zero-order valence-electron chi connectivity index (χ0n) is 40.1. The highest BCUT2D eigenvalue weighted by Gasteiger charge is 2.54. The highest BCUT2D eigenvalue weighted by atomic mass is 31.2. The topological polar surface area (TPSA) is 276 Å². The Balaban J connectivity index is 2.62. The third kappa shape index (κ3) is 32.9. The summed E-state index contributed by atoms with van der Waals surface area (Å²) in [5, 5.41) is 51.5. The van der Waals surface area contributed by atoms with E-state index in [9.17, 15) is 58.9 Å². The number of hydrogen-bond donors (Lipinski definition) is 8. The van der Waals surface area contributed by atoms with E-state index in [1.807, 2.05) is 18.2 Å². The predicted octanol–water partition coefficient (Wildman–Crippen LogP) is 8.36. The number of rotatable bonds is 39. The van der Waals surface area contributed by atoms with Crippen LogP contribution in [0, 0.1) is 0 Å². The first kappa shape index (κ1) is 63.2. The fourth-order valence-electron chi connectivity index (χ4n) is 6.85. The molecule has 1 fully saturated rings. The van der Waals surface area contributed by atoms with E-state index in [1.165, 1.54) is 0 Å². The summed E-state index contributed by atoms with van der Waals surface area (Å²) >= 11 is 0. The number of carbonyl (C=O) groups is 2. The molecule has 390 valence electrons. The Labute approximate surface area is 404 Å². The molecule has 19 heteroatoms. The van der Waals surface area contributed by atoms with Gasteiger partial charge in [-0.1, -0.05) is 150 Å². The van der Waals surface area contributed by atoms with E-state index in [-0.39, 0.29) is 12.8 Å². The number of aliphatic hydroxyl groups is 5. The maximum atomic E-state index is 13.0. The van der Waals surface area contributed by atoms with E-state index in [0.29, 0.717) is 25.7 Å². The van der Waals surface area contributed by atoms with Crippen molar-refractivity contribution in [3.05, 3.63) is 85.1 Å². The van der Waals surface area contributed by atoms with Gasteiger partial charge >= 0.3 is 27.6 Å². The molecule has 0 radical (unpaired) electrons. The number of allylic oxidation sites excluding steroid dienone is 13. The molecular weight excluding hydrogens is 922 g/mol. The number of phosphoric acid groups is 2. The van der Waals surface area contributed by atoms with Crippen LogP contribution < -0.4 is 0 Å². The van der Waals surface area contributed by atoms with Crippen LogP contribution in [0.25, 0.3) is 0 Å². The number of ether oxygens (including phenoxy) is 2. The maximum Gasteiger partial charge on any atom is 0.472 e. The summed E-state index contributed by atoms with van der Waals surface area (Å²) in [6.07, 6.45) is 29.7. The quantitative estimate of drug-likeness (QED) is 0.00944. The molecule has 1 saturated carbocycles. The molecule has 1 aliphatic carbocycles. The average molecular weight is 1010 g/mol. The molecule has 0 aromatic rings. The number of aliphatic hydroxyl groups excluding tert-OH is 5. The molecule has 1 aliphatic rings. The van der Waals surface area contributed by atoms with E-state index in [4.69, 9.17) is 18.5 Å². The Morgan fingerprint density at radius 3 is 1.60 bits per heavy atom. The zero-order chi connectivity index (χ0) is 50.5. The minimum absolute atomic E-state index is 0.0338. The van der Waals surface area contributed by atoms with Crippen molar-refractivity contribution in [2.24, 2.45) is 0 Å². The smallest absolute Gasteiger partial charge is 0.462 e. The number of phosphoric ester groups is 2. The van der Waals surface area contributed by atoms with Crippen molar-refractivity contribution in [3.63, 3.8) is 0 Å². The van der Waals surface area contributed by atoms with Gasteiger partial charge in [0.15, 0.2) is 6.10 Å². The van der Waals surface area contributed by atoms with Crippen LogP contribution in [0.4, 0.5) is 0 Å². The number of esters is 2. The first-order valence-electron chi connectivity index (χ1n) is 24.2. The molecule has 0 aliphatic heterocycles. The fourth-order valence-corrected chi connectivity index (χ4v) is 8.39. The van der Waals surface area contributed by atoms with Crippen molar-refractivity contribution in [1.82, 2.24) is 0 Å². The van der Waals surface area contributed by atoms with Gasteiger partial charge in [0.25, 0.3) is 0 Å². The monoisotopic (exact) mass is 1000 g/mol. The minimum atomic E-state index is -5.38. The van der Waals surface area contributed by atoms with E-state index in [2.05, 4.69) is 79.1 Å². The summed E-state index contributed by atoms with van der Waals surface area (Å²) < 4.78 is 49.3. The van der Waals surface area contributed by atoms with Gasteiger partial charge in [0.1, 0.15) is 43.2 Å². The van der Waals surface area contributed by atoms with E-state index >= 15 is 0 Å². The molecule has 17 nitrogen and oxygen atoms in total. The van der Waals surface area contributed by atoms with Gasteiger partial charge in [0.05, 0.1) is 12.7 Å². The summed E-state index contributed by atoms with van der Waals surface area (Å²) in [6.45, 7) is 2.77. The van der Waals surface area contributed by atoms with E-state index in [0.717, 1.165) is 96.3 Å². The van der Waals surface area contributed by atoms with Crippen LogP contribution in [0.5, 0.6) is 0 Å². The van der Waals surface area contributed by atoms with Gasteiger partial charge in [-0.25, -0.2) is 9.13 Å². The lowest BCUT2D eigenvalue weighted by Gasteiger charge is -2.43. The van der Waals surface area contributed by atoms with Gasteiger partial charge < -0.3 is 49.7 Å². The third-order valence-corrected chi connectivity index (χ3v) is 12.1. The number of hydrogen-bond acceptors (Lipinski definition) is 14. The van der Waals surface area contributed by atoms with Crippen LogP contribution in [0.15, 0.2) is 85.1 Å². The van der Waals surface area contributed by atoms with Crippen LogP contribution in [0.2, 0.25) is 0 Å². The molecule has 0 saturated heterocycles. The summed E-state index contributed by atoms with van der Waals surface area (Å²) in [5.74, 6) is -1.31. The zero-order valence-corrected chi connectivity index (χ0v) is 41.9. The van der Waals surface area contributed by atoms with Gasteiger partial charge in [-0.3, -0.25) is 23.2 Å². The first-order chi connectivity index (χ1) is 32.5. The van der Waals surface area contributed by atoms with Crippen molar-refractivity contribution in [2.75, 3.05) is 13.2 Å². The molecule has 0 spiro atoms. The molecule has 0 aromatic heterocycles. The molecule has 1 rings (SSSR count). The second-order valence-electron chi connectivity index (χ2n) is 16.6. The summed E-state index contributed by atoms with van der Waals surface area (Å²) in [5.41, 5.74) is 0. The van der Waals surface area contributed by atoms with E-state index < -0.39 is 89.6 Å². The SMILES string of the molecule is CC/C=C\C/C=C\C/C=C\C/C=C\CCCCCCCCC(=O)OC[C@H](COP(=O)(O)O[C@H]1C(O)C(O)C(O)[C@@H](OP(=O)(O)O)C1O)OC(=O)CCCCCCCC(O)/C=C/C=C/C/C=C/CC. The average Bonchev–Trinajstić information content (AvgIpc) is 3.29. The lowest BCUT2D eigenvalue weighted by atomic mass is 9.85. The van der Waals surface area contributed by atoms with Crippen molar-refractivity contribution in [1.29, 1.82) is 0 Å². The highest BCUT2D eigenvalue weighted by Crippen LogP contribution is 2.49. The number of carbonyl (C=O) groups excluding carboxylic acids is 2. The molecule has 0 aromatic carbocycles. The predicted molar refractivity (Wildman–Crippen MR) is 261 cm³/mol. The van der Waals surface area contributed by atoms with Gasteiger partial charge in [-0.2, -0.15) is 0 Å². The fraction of sp³-hybridized carbons (Fsp3) is 0.673. The Bertz CT molecular complexity index is 1650. The Hall–Kier alpha value is -2.86. The van der Waals surface area contributed by atoms with Crippen molar-refractivity contribution in [2.45, 2.75) is 198 Å². The highest BCUT2D eigenvalue weighted by molar-refractivity contribution is 7.47. The maximum absolute atomic E-state index is 13.0. The molecule has 0 heterocycles. The first-order valence-corrected chi connectivity index (χ1v) is 27.3. The van der Waals surface area contributed by atoms with Gasteiger partial charge in [-0.05, 0) is 70.6 Å². The van der Waals surface area contributed by atoms with Gasteiger partial charge in [0.2, 0.25) is 0 Å². The lowest BCUT2D eigenvalue weighted by Crippen LogP contribution is -2.64. The second-order valence-corrected chi connectivity index (χ2v) is 19.2. The molecule has 9 atom stereocenters. The van der Waals surface area contributed by atoms with Crippen LogP contribution in [-0.4, -0.2) is 114 Å². The third-order valence-electron chi connectivity index (χ3n) is 10.6. The Morgan fingerprint density at radius 2 is 1.03 bits per heavy atom. The normalized spacial score (nSPS) is 22.4. The van der Waals surface area contributed by atoms with E-state index in [1.54, 1.807) is 6.08 Å². The molecule has 8 N–H and O–H groups in total. The summed E-state index contributed by atoms with van der Waals surface area (Å²) in [7, 11) is -10.7. The number of unbranched alkanes of at least 4 members (excludes halogenated alkanes) is 10. The van der Waals surface area contributed by atoms with Crippen molar-refractivity contribution >= 4 is 27.6 Å². The second kappa shape index (κ2) is 38.8. The Kier molecular flexibility index (Phi) is 36.1. The van der Waals surface area contributed by atoms with Crippen molar-refractivity contribution < 1.29 is 82.0 Å². The van der Waals surface area contributed by atoms with Crippen molar-refractivity contribution in [3.8, 4) is 0 Å². The van der Waals surface area contributed by atoms with Crippen LogP contribution >= 0.6 is 15.6 Å². The molecular formula is C49H82O17P2. The van der Waals surface area contributed by atoms with Crippen LogP contribution in [0.3, 0.4) is 0 Å². The molecule has 68 heavy (non-hydrogen) atoms. The molecule has 0 amide bonds. The Morgan fingerprint density at radius 1 is 0.544 bits per heavy atom. The molecule has 0 bridgehead atoms. The summed E-state index contributed by atoms with van der Waals surface area (Å²) in [6, 6.07) is 0. The van der Waals surface area contributed by atoms with Crippen LogP contribution in [0.1, 0.15) is 149 Å². The van der Waals surface area contributed by atoms with Crippen LogP contribution in [-0.2, 0) is 41.8 Å². The van der Waals surface area contributed by atoms with Gasteiger partial charge in [-0.15, -0.1) is 0 Å². The largest absolute Gasteiger partial charge is 0.472 e. The standard InChI is InChI=1S/C49H82O17P2/c1-3-5-7-9-11-12-13-14-15-16-17-18-19-20-21-22-24-28-32-36-42(51)62-38-41(64-43(52)37-33-29-25-27-31-35-40(50)34-30-26-23-10-8-6-4-2)39-63-68(60,61)66-49-46(55)44(53)45(54)48(47(49)56)65-67(57,58)59/h5-8,11-12,14-15,17-18,23,26,30,34,40-41,44-50,53-56H,3-4,9-10,13,16,19-22,24-25,27-29,31-33,35-39H2,1-2H3,(H,60,61)(H2,57,58,59)/b7-5-,8-6+,12-11-,15-14-,18-17-,26-23+,34-30+/t40?,41-,44?,45?,46?,47?,48-,49+/m1/s1. The summed E-state index contributed by atoms with van der Waals surface area (Å²) in [4.78, 5) is 54.3. The lowest BCUT2D eigenvalue weighted by molar-refractivity contribution is -0.216. The molecule has 6 unspecified atom stereocenters.